The second-order valence-corrected chi connectivity index (χ2v) is 7.76. The summed E-state index contributed by atoms with van der Waals surface area (Å²) in [6.07, 6.45) is -1.90. The number of alkyl halides is 4. The highest BCUT2D eigenvalue weighted by Crippen LogP contribution is 2.21. The molecule has 2 N–H and O–H groups in total. The largest absolute Gasteiger partial charge is 0.388 e. The van der Waals surface area contributed by atoms with E-state index in [0.29, 0.717) is 0 Å². The van der Waals surface area contributed by atoms with E-state index in [1.807, 2.05) is 24.3 Å². The quantitative estimate of drug-likeness (QED) is 0.472. The third-order valence-electron chi connectivity index (χ3n) is 2.59. The maximum Gasteiger partial charge on any atom is 0.135 e. The Morgan fingerprint density at radius 2 is 1.30 bits per heavy atom. The highest BCUT2D eigenvalue weighted by Gasteiger charge is 2.22. The van der Waals surface area contributed by atoms with Crippen molar-refractivity contribution < 1.29 is 10.2 Å². The number of benzene rings is 1. The minimum Gasteiger partial charge on any atom is -0.388 e. The topological polar surface area (TPSA) is 43.7 Å². The average molecular weight is 473 g/mol. The third kappa shape index (κ3) is 6.30. The Bertz CT molecular complexity index is 389. The van der Waals surface area contributed by atoms with Crippen LogP contribution >= 0.6 is 69.0 Å². The number of halogens is 5. The number of rotatable bonds is 7. The molecular weight excluding hydrogens is 459 g/mol. The predicted octanol–water partition coefficient (Wildman–Crippen LogP) is 3.43. The first-order valence-corrected chi connectivity index (χ1v) is 8.56. The van der Waals surface area contributed by atoms with Gasteiger partial charge >= 0.3 is 0 Å². The van der Waals surface area contributed by atoms with E-state index in [9.17, 15) is 10.2 Å². The Kier molecular flexibility index (Phi) is 8.57. The fourth-order valence-corrected chi connectivity index (χ4v) is 2.23. The molecule has 0 heterocycles. The Labute approximate surface area is 151 Å². The summed E-state index contributed by atoms with van der Waals surface area (Å²) in [5.41, 5.74) is 0.812. The van der Waals surface area contributed by atoms with Gasteiger partial charge in [0.2, 0.25) is 0 Å². The smallest absolute Gasteiger partial charge is 0.135 e. The monoisotopic (exact) mass is 471 g/mol. The molecule has 0 saturated carbocycles. The van der Waals surface area contributed by atoms with Crippen LogP contribution in [0.15, 0.2) is 24.3 Å². The van der Waals surface area contributed by atoms with Gasteiger partial charge in [-0.05, 0) is 46.9 Å². The van der Waals surface area contributed by atoms with Gasteiger partial charge in [0.1, 0.15) is 21.9 Å². The molecule has 0 aliphatic carbocycles. The number of hydrogen-bond donors (Lipinski definition) is 2. The number of aliphatic hydroxyl groups excluding tert-OH is 2. The molecule has 2 unspecified atom stereocenters. The van der Waals surface area contributed by atoms with E-state index in [4.69, 9.17) is 46.4 Å². The van der Waals surface area contributed by atoms with Crippen molar-refractivity contribution in [3.05, 3.63) is 27.8 Å². The number of hydrogen-bond acceptors (Lipinski definition) is 3. The van der Waals surface area contributed by atoms with Crippen LogP contribution in [0, 0.1) is 3.57 Å². The summed E-state index contributed by atoms with van der Waals surface area (Å²) in [6.45, 7) is 0.325. The second kappa shape index (κ2) is 9.08. The molecule has 0 spiro atoms. The molecule has 0 aliphatic rings. The molecule has 3 nitrogen and oxygen atoms in total. The van der Waals surface area contributed by atoms with Gasteiger partial charge in [-0.3, -0.25) is 0 Å². The molecule has 1 aromatic carbocycles. The number of anilines is 1. The summed E-state index contributed by atoms with van der Waals surface area (Å²) >= 11 is 24.8. The lowest BCUT2D eigenvalue weighted by atomic mass is 10.2. The first-order valence-electron chi connectivity index (χ1n) is 5.74. The molecule has 1 rings (SSSR count). The molecule has 20 heavy (non-hydrogen) atoms. The molecule has 0 aromatic heterocycles. The Balaban J connectivity index is 2.86. The van der Waals surface area contributed by atoms with Gasteiger partial charge in [-0.15, -0.1) is 46.4 Å². The minimum atomic E-state index is -0.950. The number of nitrogens with zero attached hydrogens (tertiary/aromatic N) is 1. The molecule has 8 heteroatoms. The molecule has 0 radical (unpaired) electrons. The van der Waals surface area contributed by atoms with Gasteiger partial charge in [0, 0.05) is 22.3 Å². The lowest BCUT2D eigenvalue weighted by molar-refractivity contribution is 0.172. The van der Waals surface area contributed by atoms with E-state index in [1.165, 1.54) is 0 Å². The van der Waals surface area contributed by atoms with Gasteiger partial charge < -0.3 is 15.1 Å². The van der Waals surface area contributed by atoms with E-state index in [1.54, 1.807) is 4.90 Å². The van der Waals surface area contributed by atoms with E-state index in [2.05, 4.69) is 22.6 Å². The van der Waals surface area contributed by atoms with Crippen molar-refractivity contribution in [1.29, 1.82) is 0 Å². The molecule has 0 amide bonds. The molecule has 1 aromatic rings. The van der Waals surface area contributed by atoms with Crippen LogP contribution in [0.1, 0.15) is 0 Å². The zero-order valence-electron chi connectivity index (χ0n) is 10.3. The summed E-state index contributed by atoms with van der Waals surface area (Å²) in [5, 5.41) is 19.6. The van der Waals surface area contributed by atoms with Crippen LogP contribution in [0.25, 0.3) is 0 Å². The lowest BCUT2D eigenvalue weighted by Crippen LogP contribution is -2.41. The van der Waals surface area contributed by atoms with Crippen molar-refractivity contribution in [2.24, 2.45) is 0 Å². The second-order valence-electron chi connectivity index (χ2n) is 4.19. The third-order valence-corrected chi connectivity index (χ3v) is 4.47. The Morgan fingerprint density at radius 3 is 1.65 bits per heavy atom. The standard InChI is InChI=1S/C12H14Cl4INO2/c13-11(14)9(19)5-18(6-10(20)12(15)16)8-3-1-7(17)2-4-8/h1-4,9-12,19-20H,5-6H2. The first kappa shape index (κ1) is 18.9. The average Bonchev–Trinajstić information content (AvgIpc) is 2.38. The summed E-state index contributed by atoms with van der Waals surface area (Å²) in [4.78, 5) is -0.0939. The normalized spacial score (nSPS) is 14.7. The van der Waals surface area contributed by atoms with Crippen LogP contribution in [0.4, 0.5) is 5.69 Å². The summed E-state index contributed by atoms with van der Waals surface area (Å²) in [5.74, 6) is 0. The van der Waals surface area contributed by atoms with E-state index >= 15 is 0 Å². The predicted molar refractivity (Wildman–Crippen MR) is 94.4 cm³/mol. The van der Waals surface area contributed by atoms with Gasteiger partial charge in [0.05, 0.1) is 0 Å². The Morgan fingerprint density at radius 1 is 0.900 bits per heavy atom. The molecule has 0 fully saturated rings. The van der Waals surface area contributed by atoms with Gasteiger partial charge in [-0.25, -0.2) is 0 Å². The van der Waals surface area contributed by atoms with Crippen LogP contribution in [0.3, 0.4) is 0 Å². The van der Waals surface area contributed by atoms with Crippen molar-refractivity contribution in [1.82, 2.24) is 0 Å². The maximum atomic E-state index is 9.81. The van der Waals surface area contributed by atoms with Crippen molar-refractivity contribution in [2.45, 2.75) is 21.9 Å². The van der Waals surface area contributed by atoms with Gasteiger partial charge in [0.15, 0.2) is 0 Å². The fraction of sp³-hybridized carbons (Fsp3) is 0.500. The van der Waals surface area contributed by atoms with Crippen molar-refractivity contribution >= 4 is 74.7 Å². The summed E-state index contributed by atoms with van der Waals surface area (Å²) in [6, 6.07) is 7.57. The van der Waals surface area contributed by atoms with Crippen LogP contribution < -0.4 is 4.90 Å². The highest BCUT2D eigenvalue weighted by atomic mass is 127. The molecular formula is C12H14Cl4INO2. The zero-order chi connectivity index (χ0) is 15.3. The number of aliphatic hydroxyl groups is 2. The van der Waals surface area contributed by atoms with Gasteiger partial charge in [-0.1, -0.05) is 0 Å². The van der Waals surface area contributed by atoms with Crippen LogP contribution in [0.2, 0.25) is 0 Å². The summed E-state index contributed by atoms with van der Waals surface area (Å²) < 4.78 is 1.08. The SMILES string of the molecule is OC(CN(CC(O)C(Cl)Cl)c1ccc(I)cc1)C(Cl)Cl. The van der Waals surface area contributed by atoms with Gasteiger partial charge in [0.25, 0.3) is 0 Å². The van der Waals surface area contributed by atoms with Crippen LogP contribution in [-0.2, 0) is 0 Å². The molecule has 114 valence electrons. The van der Waals surface area contributed by atoms with E-state index in [0.717, 1.165) is 9.26 Å². The first-order chi connectivity index (χ1) is 9.31. The molecule has 0 aliphatic heterocycles. The molecule has 0 saturated heterocycles. The van der Waals surface area contributed by atoms with Crippen molar-refractivity contribution in [3.8, 4) is 0 Å². The Hall–Kier alpha value is 0.830. The molecule has 0 bridgehead atoms. The van der Waals surface area contributed by atoms with E-state index in [-0.39, 0.29) is 13.1 Å². The van der Waals surface area contributed by atoms with Crippen molar-refractivity contribution in [2.75, 3.05) is 18.0 Å². The lowest BCUT2D eigenvalue weighted by Gasteiger charge is -2.30. The zero-order valence-corrected chi connectivity index (χ0v) is 15.4. The van der Waals surface area contributed by atoms with Crippen molar-refractivity contribution in [3.63, 3.8) is 0 Å². The summed E-state index contributed by atoms with van der Waals surface area (Å²) in [7, 11) is 0. The van der Waals surface area contributed by atoms with Crippen LogP contribution in [0.5, 0.6) is 0 Å². The van der Waals surface area contributed by atoms with Crippen LogP contribution in [-0.4, -0.2) is 45.2 Å². The maximum absolute atomic E-state index is 9.81. The van der Waals surface area contributed by atoms with E-state index < -0.39 is 21.9 Å². The minimum absolute atomic E-state index is 0.163. The highest BCUT2D eigenvalue weighted by molar-refractivity contribution is 14.1. The van der Waals surface area contributed by atoms with Gasteiger partial charge in [-0.2, -0.15) is 0 Å². The fourth-order valence-electron chi connectivity index (χ4n) is 1.55. The molecule has 2 atom stereocenters.